The maximum Gasteiger partial charge on any atom is 0.255 e. The quantitative estimate of drug-likeness (QED) is 0.787. The molecule has 1 heterocycles. The lowest BCUT2D eigenvalue weighted by molar-refractivity contribution is 0.0743. The molecule has 1 fully saturated rings. The third-order valence-electron chi connectivity index (χ3n) is 4.84. The molecule has 1 aliphatic rings. The number of sulfone groups is 1. The van der Waals surface area contributed by atoms with Gasteiger partial charge < -0.3 is 14.5 Å². The molecule has 1 aliphatic heterocycles. The molecular formula is C20H24N2O4S. The Morgan fingerprint density at radius 1 is 1.00 bits per heavy atom. The van der Waals surface area contributed by atoms with Crippen LogP contribution in [0.1, 0.15) is 17.3 Å². The Labute approximate surface area is 160 Å². The molecule has 0 spiro atoms. The van der Waals surface area contributed by atoms with Crippen LogP contribution in [-0.4, -0.2) is 58.3 Å². The Kier molecular flexibility index (Phi) is 5.70. The Morgan fingerprint density at radius 3 is 2.22 bits per heavy atom. The lowest BCUT2D eigenvalue weighted by Gasteiger charge is -2.36. The van der Waals surface area contributed by atoms with E-state index in [1.165, 1.54) is 6.07 Å². The number of hydrogen-bond acceptors (Lipinski definition) is 5. The summed E-state index contributed by atoms with van der Waals surface area (Å²) in [6.07, 6.45) is 0. The van der Waals surface area contributed by atoms with E-state index in [-0.39, 0.29) is 22.1 Å². The molecule has 1 saturated heterocycles. The van der Waals surface area contributed by atoms with E-state index in [1.54, 1.807) is 37.1 Å². The molecule has 27 heavy (non-hydrogen) atoms. The van der Waals surface area contributed by atoms with Crippen LogP contribution < -0.4 is 9.64 Å². The van der Waals surface area contributed by atoms with Gasteiger partial charge in [0.05, 0.1) is 23.3 Å². The lowest BCUT2D eigenvalue weighted by atomic mass is 10.1. The third kappa shape index (κ3) is 4.08. The van der Waals surface area contributed by atoms with E-state index >= 15 is 0 Å². The van der Waals surface area contributed by atoms with Crippen LogP contribution in [0.15, 0.2) is 53.4 Å². The highest BCUT2D eigenvalue weighted by Gasteiger charge is 2.27. The summed E-state index contributed by atoms with van der Waals surface area (Å²) in [5, 5.41) is 0. The first-order chi connectivity index (χ1) is 13.0. The summed E-state index contributed by atoms with van der Waals surface area (Å²) in [7, 11) is -1.81. The molecule has 7 heteroatoms. The van der Waals surface area contributed by atoms with Gasteiger partial charge >= 0.3 is 0 Å². The lowest BCUT2D eigenvalue weighted by Crippen LogP contribution is -2.49. The summed E-state index contributed by atoms with van der Waals surface area (Å²) in [5.41, 5.74) is 1.34. The molecule has 0 radical (unpaired) electrons. The maximum atomic E-state index is 12.9. The van der Waals surface area contributed by atoms with Crippen molar-refractivity contribution in [3.05, 3.63) is 54.1 Å². The summed E-state index contributed by atoms with van der Waals surface area (Å²) in [4.78, 5) is 17.0. The molecule has 0 N–H and O–H groups in total. The predicted molar refractivity (Wildman–Crippen MR) is 105 cm³/mol. The molecule has 0 saturated carbocycles. The zero-order valence-corrected chi connectivity index (χ0v) is 16.4. The van der Waals surface area contributed by atoms with Crippen molar-refractivity contribution in [2.45, 2.75) is 11.8 Å². The summed E-state index contributed by atoms with van der Waals surface area (Å²) in [6.45, 7) is 4.07. The largest absolute Gasteiger partial charge is 0.497 e. The molecule has 0 aromatic heterocycles. The van der Waals surface area contributed by atoms with Gasteiger partial charge in [-0.2, -0.15) is 0 Å². The minimum Gasteiger partial charge on any atom is -0.497 e. The van der Waals surface area contributed by atoms with Crippen LogP contribution >= 0.6 is 0 Å². The Bertz CT molecular complexity index is 902. The zero-order chi connectivity index (χ0) is 19.4. The highest BCUT2D eigenvalue weighted by molar-refractivity contribution is 7.91. The number of ether oxygens (including phenoxy) is 1. The molecule has 0 bridgehead atoms. The number of piperazine rings is 1. The third-order valence-corrected chi connectivity index (χ3v) is 6.62. The number of benzene rings is 2. The normalized spacial score (nSPS) is 14.9. The first-order valence-corrected chi connectivity index (χ1v) is 10.6. The number of rotatable bonds is 5. The van der Waals surface area contributed by atoms with Crippen molar-refractivity contribution in [1.29, 1.82) is 0 Å². The van der Waals surface area contributed by atoms with Gasteiger partial charge in [0, 0.05) is 31.9 Å². The number of carbonyl (C=O) groups excluding carboxylic acids is 1. The minimum atomic E-state index is -3.44. The van der Waals surface area contributed by atoms with Gasteiger partial charge in [0.15, 0.2) is 9.84 Å². The van der Waals surface area contributed by atoms with Crippen molar-refractivity contribution >= 4 is 21.4 Å². The maximum absolute atomic E-state index is 12.9. The van der Waals surface area contributed by atoms with E-state index in [1.807, 2.05) is 24.3 Å². The van der Waals surface area contributed by atoms with Gasteiger partial charge in [-0.3, -0.25) is 4.79 Å². The number of carbonyl (C=O) groups is 1. The van der Waals surface area contributed by atoms with Crippen LogP contribution in [0, 0.1) is 0 Å². The summed E-state index contributed by atoms with van der Waals surface area (Å²) < 4.78 is 29.8. The van der Waals surface area contributed by atoms with Crippen LogP contribution in [0.4, 0.5) is 5.69 Å². The van der Waals surface area contributed by atoms with Crippen molar-refractivity contribution < 1.29 is 17.9 Å². The molecule has 2 aromatic carbocycles. The van der Waals surface area contributed by atoms with Crippen molar-refractivity contribution in [2.24, 2.45) is 0 Å². The van der Waals surface area contributed by atoms with E-state index in [4.69, 9.17) is 4.74 Å². The molecule has 0 atom stereocenters. The smallest absolute Gasteiger partial charge is 0.255 e. The van der Waals surface area contributed by atoms with Crippen molar-refractivity contribution in [3.8, 4) is 5.75 Å². The van der Waals surface area contributed by atoms with E-state index in [0.717, 1.165) is 11.4 Å². The highest BCUT2D eigenvalue weighted by atomic mass is 32.2. The summed E-state index contributed by atoms with van der Waals surface area (Å²) in [6, 6.07) is 14.3. The van der Waals surface area contributed by atoms with Gasteiger partial charge in [-0.1, -0.05) is 19.1 Å². The molecule has 3 rings (SSSR count). The second-order valence-corrected chi connectivity index (χ2v) is 8.62. The highest BCUT2D eigenvalue weighted by Crippen LogP contribution is 2.23. The number of amides is 1. The van der Waals surface area contributed by atoms with Gasteiger partial charge in [-0.05, 0) is 36.4 Å². The van der Waals surface area contributed by atoms with E-state index in [9.17, 15) is 13.2 Å². The second kappa shape index (κ2) is 8.00. The molecular weight excluding hydrogens is 364 g/mol. The average molecular weight is 388 g/mol. The number of anilines is 1. The Morgan fingerprint density at radius 2 is 1.63 bits per heavy atom. The van der Waals surface area contributed by atoms with Crippen molar-refractivity contribution in [2.75, 3.05) is 43.9 Å². The van der Waals surface area contributed by atoms with Crippen LogP contribution in [0.2, 0.25) is 0 Å². The predicted octanol–water partition coefficient (Wildman–Crippen LogP) is 2.45. The first kappa shape index (κ1) is 19.2. The molecule has 0 unspecified atom stereocenters. The summed E-state index contributed by atoms with van der Waals surface area (Å²) >= 11 is 0. The van der Waals surface area contributed by atoms with Crippen LogP contribution in [0.3, 0.4) is 0 Å². The van der Waals surface area contributed by atoms with Crippen molar-refractivity contribution in [1.82, 2.24) is 4.90 Å². The fourth-order valence-electron chi connectivity index (χ4n) is 3.20. The average Bonchev–Trinajstić information content (AvgIpc) is 2.73. The Balaban J connectivity index is 1.72. The molecule has 0 aliphatic carbocycles. The molecule has 2 aromatic rings. The SMILES string of the molecule is CCS(=O)(=O)c1ccccc1C(=O)N1CCN(c2ccc(OC)cc2)CC1. The minimum absolute atomic E-state index is 0.0253. The zero-order valence-electron chi connectivity index (χ0n) is 15.6. The van der Waals surface area contributed by atoms with E-state index in [2.05, 4.69) is 4.90 Å². The fourth-order valence-corrected chi connectivity index (χ4v) is 4.29. The van der Waals surface area contributed by atoms with Crippen LogP contribution in [-0.2, 0) is 9.84 Å². The fraction of sp³-hybridized carbons (Fsp3) is 0.350. The molecule has 1 amide bonds. The number of hydrogen-bond donors (Lipinski definition) is 0. The Hall–Kier alpha value is -2.54. The molecule has 144 valence electrons. The van der Waals surface area contributed by atoms with E-state index in [0.29, 0.717) is 26.2 Å². The first-order valence-electron chi connectivity index (χ1n) is 8.96. The molecule has 6 nitrogen and oxygen atoms in total. The van der Waals surface area contributed by atoms with Crippen LogP contribution in [0.25, 0.3) is 0 Å². The second-order valence-electron chi connectivity index (χ2n) is 6.38. The monoisotopic (exact) mass is 388 g/mol. The topological polar surface area (TPSA) is 66.9 Å². The van der Waals surface area contributed by atoms with Gasteiger partial charge in [0.2, 0.25) is 0 Å². The van der Waals surface area contributed by atoms with Crippen LogP contribution in [0.5, 0.6) is 5.75 Å². The number of methoxy groups -OCH3 is 1. The summed E-state index contributed by atoms with van der Waals surface area (Å²) in [5.74, 6) is 0.557. The van der Waals surface area contributed by atoms with Gasteiger partial charge in [0.1, 0.15) is 5.75 Å². The van der Waals surface area contributed by atoms with Gasteiger partial charge in [-0.15, -0.1) is 0 Å². The van der Waals surface area contributed by atoms with Gasteiger partial charge in [-0.25, -0.2) is 8.42 Å². The standard InChI is InChI=1S/C20H24N2O4S/c1-3-27(24,25)19-7-5-4-6-18(19)20(23)22-14-12-21(13-15-22)16-8-10-17(26-2)11-9-16/h4-11H,3,12-15H2,1-2H3. The van der Waals surface area contributed by atoms with Crippen molar-refractivity contribution in [3.63, 3.8) is 0 Å². The van der Waals surface area contributed by atoms with E-state index < -0.39 is 9.84 Å². The van der Waals surface area contributed by atoms with Gasteiger partial charge in [0.25, 0.3) is 5.91 Å². The number of nitrogens with zero attached hydrogens (tertiary/aromatic N) is 2.